The van der Waals surface area contributed by atoms with Gasteiger partial charge in [0.2, 0.25) is 10.0 Å². The molecule has 1 heterocycles. The van der Waals surface area contributed by atoms with Gasteiger partial charge in [0, 0.05) is 16.5 Å². The van der Waals surface area contributed by atoms with Crippen molar-refractivity contribution >= 4 is 32.4 Å². The Hall–Kier alpha value is -2.55. The van der Waals surface area contributed by atoms with E-state index in [2.05, 4.69) is 34.1 Å². The number of nitrogens with one attached hydrogen (secondary N) is 2. The molecule has 0 saturated heterocycles. The van der Waals surface area contributed by atoms with Gasteiger partial charge in [-0.1, -0.05) is 17.7 Å². The van der Waals surface area contributed by atoms with Gasteiger partial charge in [-0.25, -0.2) is 18.1 Å². The maximum Gasteiger partial charge on any atom is 0.257 e. The molecule has 0 bridgehead atoms. The summed E-state index contributed by atoms with van der Waals surface area (Å²) >= 11 is 1.34. The van der Waals surface area contributed by atoms with Crippen molar-refractivity contribution in [2.45, 2.75) is 39.5 Å². The number of nitrogens with zero attached hydrogens (tertiary/aromatic N) is 1. The first-order chi connectivity index (χ1) is 14.0. The molecule has 3 rings (SSSR count). The molecule has 158 valence electrons. The molecule has 3 aromatic rings. The Morgan fingerprint density at radius 3 is 2.20 bits per heavy atom. The highest BCUT2D eigenvalue weighted by Gasteiger charge is 2.20. The first kappa shape index (κ1) is 22.1. The van der Waals surface area contributed by atoms with E-state index in [1.807, 2.05) is 19.2 Å². The second kappa shape index (κ2) is 8.29. The average Bonchev–Trinajstić information content (AvgIpc) is 3.10. The lowest BCUT2D eigenvalue weighted by Crippen LogP contribution is -2.21. The zero-order chi connectivity index (χ0) is 22.2. The van der Waals surface area contributed by atoms with E-state index in [1.54, 1.807) is 19.9 Å². The lowest BCUT2D eigenvalue weighted by molar-refractivity contribution is 0.102. The highest BCUT2D eigenvalue weighted by Crippen LogP contribution is 2.31. The summed E-state index contributed by atoms with van der Waals surface area (Å²) in [7, 11) is -2.32. The molecule has 30 heavy (non-hydrogen) atoms. The van der Waals surface area contributed by atoms with Crippen LogP contribution in [0.25, 0.3) is 11.3 Å². The van der Waals surface area contributed by atoms with Gasteiger partial charge in [-0.2, -0.15) is 0 Å². The third-order valence-corrected chi connectivity index (χ3v) is 7.40. The third kappa shape index (κ3) is 4.30. The van der Waals surface area contributed by atoms with Gasteiger partial charge in [0.25, 0.3) is 5.91 Å². The molecule has 2 aromatic carbocycles. The fourth-order valence-electron chi connectivity index (χ4n) is 3.55. The number of carbonyl (C=O) groups is 1. The van der Waals surface area contributed by atoms with Crippen LogP contribution in [-0.4, -0.2) is 26.4 Å². The van der Waals surface area contributed by atoms with E-state index >= 15 is 0 Å². The molecule has 6 nitrogen and oxygen atoms in total. The highest BCUT2D eigenvalue weighted by molar-refractivity contribution is 7.89. The predicted molar refractivity (Wildman–Crippen MR) is 122 cm³/mol. The van der Waals surface area contributed by atoms with Crippen LogP contribution in [0.2, 0.25) is 0 Å². The Balaban J connectivity index is 1.92. The number of hydrogen-bond acceptors (Lipinski definition) is 5. The molecule has 0 unspecified atom stereocenters. The quantitative estimate of drug-likeness (QED) is 0.607. The van der Waals surface area contributed by atoms with Crippen molar-refractivity contribution in [3.05, 3.63) is 63.0 Å². The van der Waals surface area contributed by atoms with Crippen molar-refractivity contribution in [1.82, 2.24) is 9.71 Å². The number of aryl methyl sites for hydroxylation is 4. The summed E-state index contributed by atoms with van der Waals surface area (Å²) in [4.78, 5) is 17.5. The molecular weight excluding hydrogens is 418 g/mol. The number of sulfonamides is 1. The highest BCUT2D eigenvalue weighted by atomic mass is 32.2. The molecule has 1 amide bonds. The molecule has 0 atom stereocenters. The fraction of sp³-hybridized carbons (Fsp3) is 0.273. The monoisotopic (exact) mass is 443 g/mol. The summed E-state index contributed by atoms with van der Waals surface area (Å²) in [6.07, 6.45) is 0. The lowest BCUT2D eigenvalue weighted by atomic mass is 9.98. The molecule has 0 saturated carbocycles. The third-order valence-electron chi connectivity index (χ3n) is 5.10. The van der Waals surface area contributed by atoms with Crippen molar-refractivity contribution in [3.8, 4) is 11.3 Å². The molecule has 0 radical (unpaired) electrons. The van der Waals surface area contributed by atoms with Crippen molar-refractivity contribution in [1.29, 1.82) is 0 Å². The zero-order valence-corrected chi connectivity index (χ0v) is 19.5. The van der Waals surface area contributed by atoms with Gasteiger partial charge in [0.05, 0.1) is 10.6 Å². The number of aromatic nitrogens is 1. The number of hydrogen-bond donors (Lipinski definition) is 2. The summed E-state index contributed by atoms with van der Waals surface area (Å²) in [5, 5.41) is 5.17. The molecule has 0 aliphatic carbocycles. The molecule has 8 heteroatoms. The van der Waals surface area contributed by atoms with Crippen LogP contribution in [0.4, 0.5) is 5.13 Å². The van der Waals surface area contributed by atoms with E-state index in [0.29, 0.717) is 10.7 Å². The first-order valence-electron chi connectivity index (χ1n) is 9.43. The maximum absolute atomic E-state index is 12.8. The minimum Gasteiger partial charge on any atom is -0.298 e. The van der Waals surface area contributed by atoms with E-state index in [9.17, 15) is 13.2 Å². The van der Waals surface area contributed by atoms with E-state index in [-0.39, 0.29) is 10.5 Å². The van der Waals surface area contributed by atoms with Gasteiger partial charge in [-0.15, -0.1) is 11.3 Å². The van der Waals surface area contributed by atoms with E-state index in [0.717, 1.165) is 27.9 Å². The molecule has 0 aliphatic rings. The minimum absolute atomic E-state index is 0.0980. The van der Waals surface area contributed by atoms with Crippen molar-refractivity contribution in [2.24, 2.45) is 0 Å². The normalized spacial score (nSPS) is 11.5. The molecular formula is C22H25N3O3S2. The van der Waals surface area contributed by atoms with E-state index in [4.69, 9.17) is 0 Å². The van der Waals surface area contributed by atoms with Gasteiger partial charge in [-0.3, -0.25) is 10.1 Å². The van der Waals surface area contributed by atoms with Gasteiger partial charge >= 0.3 is 0 Å². The smallest absolute Gasteiger partial charge is 0.257 e. The number of amides is 1. The predicted octanol–water partition coefficient (Wildman–Crippen LogP) is 4.51. The van der Waals surface area contributed by atoms with Crippen LogP contribution in [-0.2, 0) is 10.0 Å². The second-order valence-electron chi connectivity index (χ2n) is 7.39. The molecule has 0 aliphatic heterocycles. The summed E-state index contributed by atoms with van der Waals surface area (Å²) in [6, 6.07) is 7.30. The van der Waals surface area contributed by atoms with Crippen molar-refractivity contribution in [3.63, 3.8) is 0 Å². The van der Waals surface area contributed by atoms with E-state index < -0.39 is 15.9 Å². The number of carbonyl (C=O) groups excluding carboxylic acids is 1. The Labute approximate surface area is 181 Å². The SMILES string of the molecule is CNS(=O)(=O)c1cc(C(=O)Nc2nc(-c3c(C)cc(C)cc3C)cs2)cc(C)c1C. The fourth-order valence-corrected chi connectivity index (χ4v) is 5.31. The minimum atomic E-state index is -3.67. The Morgan fingerprint density at radius 2 is 1.60 bits per heavy atom. The lowest BCUT2D eigenvalue weighted by Gasteiger charge is -2.12. The largest absolute Gasteiger partial charge is 0.298 e. The number of rotatable bonds is 5. The topological polar surface area (TPSA) is 88.2 Å². The standard InChI is InChI=1S/C22H25N3O3S2/c1-12-7-14(3)20(15(4)8-12)18-11-29-22(24-18)25-21(26)17-9-13(2)16(5)19(10-17)30(27,28)23-6/h7-11,23H,1-6H3,(H,24,25,26). The Kier molecular flexibility index (Phi) is 6.12. The van der Waals surface area contributed by atoms with Gasteiger partial charge in [-0.05, 0) is 76.1 Å². The van der Waals surface area contributed by atoms with Gasteiger partial charge in [0.15, 0.2) is 5.13 Å². The zero-order valence-electron chi connectivity index (χ0n) is 17.9. The Morgan fingerprint density at radius 1 is 0.967 bits per heavy atom. The second-order valence-corrected chi connectivity index (χ2v) is 10.1. The molecule has 1 aromatic heterocycles. The van der Waals surface area contributed by atoms with Gasteiger partial charge in [0.1, 0.15) is 0 Å². The van der Waals surface area contributed by atoms with Crippen molar-refractivity contribution in [2.75, 3.05) is 12.4 Å². The van der Waals surface area contributed by atoms with Crippen LogP contribution in [0.1, 0.15) is 38.2 Å². The molecule has 0 fully saturated rings. The summed E-state index contributed by atoms with van der Waals surface area (Å²) in [5.41, 5.74) is 6.93. The Bertz CT molecular complexity index is 1220. The van der Waals surface area contributed by atoms with Crippen LogP contribution in [0.5, 0.6) is 0 Å². The van der Waals surface area contributed by atoms with Crippen LogP contribution >= 0.6 is 11.3 Å². The average molecular weight is 444 g/mol. The van der Waals surface area contributed by atoms with Gasteiger partial charge < -0.3 is 0 Å². The van der Waals surface area contributed by atoms with Crippen molar-refractivity contribution < 1.29 is 13.2 Å². The summed E-state index contributed by atoms with van der Waals surface area (Å²) in [5.74, 6) is -0.399. The number of benzene rings is 2. The van der Waals surface area contributed by atoms with Crippen LogP contribution < -0.4 is 10.0 Å². The summed E-state index contributed by atoms with van der Waals surface area (Å²) < 4.78 is 26.9. The number of anilines is 1. The molecule has 0 spiro atoms. The van der Waals surface area contributed by atoms with Crippen LogP contribution in [0.3, 0.4) is 0 Å². The number of thiazole rings is 1. The van der Waals surface area contributed by atoms with E-state index in [1.165, 1.54) is 30.0 Å². The molecule has 2 N–H and O–H groups in total. The first-order valence-corrected chi connectivity index (χ1v) is 11.8. The maximum atomic E-state index is 12.8. The summed E-state index contributed by atoms with van der Waals surface area (Å²) in [6.45, 7) is 9.66. The van der Waals surface area contributed by atoms with Crippen LogP contribution in [0.15, 0.2) is 34.5 Å². The van der Waals surface area contributed by atoms with Crippen LogP contribution in [0, 0.1) is 34.6 Å².